The van der Waals surface area contributed by atoms with E-state index in [2.05, 4.69) is 234 Å². The average Bonchev–Trinajstić information content (AvgIpc) is 3.83. The van der Waals surface area contributed by atoms with E-state index in [-0.39, 0.29) is 18.0 Å². The summed E-state index contributed by atoms with van der Waals surface area (Å²) in [5, 5.41) is 5.24. The van der Waals surface area contributed by atoms with E-state index in [4.69, 9.17) is 0 Å². The zero-order chi connectivity index (χ0) is 39.6. The van der Waals surface area contributed by atoms with Gasteiger partial charge in [0.25, 0.3) is 0 Å². The van der Waals surface area contributed by atoms with Gasteiger partial charge in [0.2, 0.25) is 0 Å². The van der Waals surface area contributed by atoms with Gasteiger partial charge in [0.15, 0.2) is 0 Å². The molecule has 3 atom stereocenters. The molecule has 10 rings (SSSR count). The predicted molar refractivity (Wildman–Crippen MR) is 249 cm³/mol. The van der Waals surface area contributed by atoms with Crippen molar-refractivity contribution in [3.63, 3.8) is 0 Å². The smallest absolute Gasteiger partial charge is 0.0539 e. The number of unbranched alkanes of at least 4 members (excludes halogenated alkanes) is 1. The quantitative estimate of drug-likeness (QED) is 0.104. The van der Waals surface area contributed by atoms with Crippen molar-refractivity contribution in [2.45, 2.75) is 56.0 Å². The summed E-state index contributed by atoms with van der Waals surface area (Å²) in [6.45, 7) is 2.34. The zero-order valence-electron chi connectivity index (χ0n) is 33.7. The number of hydrogen-bond donors (Lipinski definition) is 0. The summed E-state index contributed by atoms with van der Waals surface area (Å²) in [7, 11) is 0. The molecule has 8 aromatic carbocycles. The summed E-state index contributed by atoms with van der Waals surface area (Å²) in [6.07, 6.45) is 4.27. The monoisotopic (exact) mass is 762 g/mol. The van der Waals surface area contributed by atoms with Gasteiger partial charge >= 0.3 is 0 Å². The van der Waals surface area contributed by atoms with Crippen LogP contribution in [0.4, 0.5) is 0 Å². The molecule has 3 unspecified atom stereocenters. The van der Waals surface area contributed by atoms with Crippen molar-refractivity contribution in [1.29, 1.82) is 0 Å². The molecule has 0 N–H and O–H groups in total. The number of hydrogen-bond acceptors (Lipinski definition) is 0. The molecule has 2 nitrogen and oxygen atoms in total. The second-order valence-electron chi connectivity index (χ2n) is 16.2. The van der Waals surface area contributed by atoms with Crippen LogP contribution in [0, 0.1) is 0 Å². The summed E-state index contributed by atoms with van der Waals surface area (Å²) < 4.78 is 5.48. The summed E-state index contributed by atoms with van der Waals surface area (Å²) in [5.74, 6) is -0.0488. The number of para-hydroxylation sites is 4. The molecule has 0 aliphatic rings. The van der Waals surface area contributed by atoms with E-state index in [1.165, 1.54) is 65.9 Å². The Morgan fingerprint density at radius 3 is 1.12 bits per heavy atom. The standard InChI is InChI=1S/C57H50N2/c1-2-3-32-46(58-51-37-20-16-33-47(51)48-34-17-21-38-52(48)58)41-55(59-53-39-22-18-35-49(53)50-36-19-23-40-54(50)59)56(42-24-8-4-9-25-42)57(43-26-10-5-11-27-43,44-28-12-6-13-29-44)45-30-14-7-15-31-45/h4-31,33-40,46,55-56H,2-3,32,41H2,1H3. The van der Waals surface area contributed by atoms with Gasteiger partial charge in [-0.2, -0.15) is 0 Å². The predicted octanol–water partition coefficient (Wildman–Crippen LogP) is 15.1. The third kappa shape index (κ3) is 6.26. The van der Waals surface area contributed by atoms with Gasteiger partial charge < -0.3 is 9.13 Å². The minimum absolute atomic E-state index is 0.00963. The molecule has 288 valence electrons. The molecule has 59 heavy (non-hydrogen) atoms. The van der Waals surface area contributed by atoms with E-state index in [1.807, 2.05) is 0 Å². The topological polar surface area (TPSA) is 9.86 Å². The molecule has 2 heterocycles. The summed E-state index contributed by atoms with van der Waals surface area (Å²) in [6, 6.07) is 82.2. The van der Waals surface area contributed by atoms with Gasteiger partial charge in [0, 0.05) is 61.6 Å². The Balaban J connectivity index is 1.36. The van der Waals surface area contributed by atoms with E-state index < -0.39 is 5.41 Å². The van der Waals surface area contributed by atoms with E-state index >= 15 is 0 Å². The average molecular weight is 763 g/mol. The van der Waals surface area contributed by atoms with Crippen LogP contribution in [0.3, 0.4) is 0 Å². The fraction of sp³-hybridized carbons (Fsp3) is 0.158. The lowest BCUT2D eigenvalue weighted by Gasteiger charge is -2.48. The van der Waals surface area contributed by atoms with Crippen LogP contribution in [0.1, 0.15) is 72.9 Å². The molecular formula is C57H50N2. The van der Waals surface area contributed by atoms with Gasteiger partial charge in [-0.25, -0.2) is 0 Å². The van der Waals surface area contributed by atoms with E-state index in [0.717, 1.165) is 25.7 Å². The number of fused-ring (bicyclic) bond motifs is 6. The van der Waals surface area contributed by atoms with Gasteiger partial charge in [-0.1, -0.05) is 214 Å². The maximum atomic E-state index is 2.76. The maximum Gasteiger partial charge on any atom is 0.0539 e. The van der Waals surface area contributed by atoms with E-state index in [1.54, 1.807) is 0 Å². The van der Waals surface area contributed by atoms with Crippen molar-refractivity contribution < 1.29 is 0 Å². The zero-order valence-corrected chi connectivity index (χ0v) is 33.7. The van der Waals surface area contributed by atoms with Gasteiger partial charge in [-0.15, -0.1) is 0 Å². The molecule has 0 aliphatic carbocycles. The minimum Gasteiger partial charge on any atom is -0.337 e. The third-order valence-corrected chi connectivity index (χ3v) is 13.0. The molecule has 0 aliphatic heterocycles. The molecule has 0 bridgehead atoms. The highest BCUT2D eigenvalue weighted by Gasteiger charge is 2.49. The third-order valence-electron chi connectivity index (χ3n) is 13.0. The summed E-state index contributed by atoms with van der Waals surface area (Å²) in [4.78, 5) is 0. The first-order valence-corrected chi connectivity index (χ1v) is 21.5. The van der Waals surface area contributed by atoms with Crippen molar-refractivity contribution in [2.75, 3.05) is 0 Å². The van der Waals surface area contributed by atoms with E-state index in [9.17, 15) is 0 Å². The number of rotatable bonds is 13. The van der Waals surface area contributed by atoms with Crippen molar-refractivity contribution >= 4 is 43.6 Å². The number of aromatic nitrogens is 2. The molecule has 0 saturated heterocycles. The lowest BCUT2D eigenvalue weighted by Crippen LogP contribution is -2.41. The van der Waals surface area contributed by atoms with Crippen molar-refractivity contribution in [2.24, 2.45) is 0 Å². The van der Waals surface area contributed by atoms with Crippen molar-refractivity contribution in [1.82, 2.24) is 9.13 Å². The van der Waals surface area contributed by atoms with Crippen LogP contribution in [-0.4, -0.2) is 9.13 Å². The maximum absolute atomic E-state index is 2.76. The number of benzene rings is 8. The molecule has 2 heteroatoms. The molecule has 10 aromatic rings. The Kier molecular flexibility index (Phi) is 9.92. The highest BCUT2D eigenvalue weighted by Crippen LogP contribution is 2.57. The molecule has 2 aromatic heterocycles. The Hall–Kier alpha value is -6.64. The normalized spacial score (nSPS) is 13.6. The van der Waals surface area contributed by atoms with Gasteiger partial charge in [-0.3, -0.25) is 0 Å². The van der Waals surface area contributed by atoms with Crippen LogP contribution >= 0.6 is 0 Å². The van der Waals surface area contributed by atoms with Crippen LogP contribution in [0.2, 0.25) is 0 Å². The Morgan fingerprint density at radius 2 is 0.729 bits per heavy atom. The van der Waals surface area contributed by atoms with Crippen LogP contribution in [0.15, 0.2) is 218 Å². The van der Waals surface area contributed by atoms with Crippen LogP contribution in [0.25, 0.3) is 43.6 Å². The van der Waals surface area contributed by atoms with Gasteiger partial charge in [0.05, 0.1) is 5.41 Å². The molecule has 0 fully saturated rings. The van der Waals surface area contributed by atoms with Crippen molar-refractivity contribution in [3.8, 4) is 0 Å². The Morgan fingerprint density at radius 1 is 0.390 bits per heavy atom. The van der Waals surface area contributed by atoms with Crippen molar-refractivity contribution in [3.05, 3.63) is 241 Å². The lowest BCUT2D eigenvalue weighted by molar-refractivity contribution is 0.275. The molecule has 0 radical (unpaired) electrons. The molecular weight excluding hydrogens is 713 g/mol. The first kappa shape index (κ1) is 36.7. The summed E-state index contributed by atoms with van der Waals surface area (Å²) >= 11 is 0. The van der Waals surface area contributed by atoms with Crippen LogP contribution < -0.4 is 0 Å². The molecule has 0 amide bonds. The second kappa shape index (κ2) is 16.0. The first-order valence-electron chi connectivity index (χ1n) is 21.5. The Bertz CT molecular complexity index is 2760. The van der Waals surface area contributed by atoms with E-state index in [0.29, 0.717) is 0 Å². The van der Waals surface area contributed by atoms with Gasteiger partial charge in [0.1, 0.15) is 0 Å². The minimum atomic E-state index is -0.585. The fourth-order valence-electron chi connectivity index (χ4n) is 10.7. The first-order chi connectivity index (χ1) is 29.3. The highest BCUT2D eigenvalue weighted by molar-refractivity contribution is 6.09. The SMILES string of the molecule is CCCCC(CC(C(c1ccccc1)C(c1ccccc1)(c1ccccc1)c1ccccc1)n1c2ccccc2c2ccccc21)n1c2ccccc2c2ccccc21. The highest BCUT2D eigenvalue weighted by atomic mass is 15.1. The van der Waals surface area contributed by atoms with Crippen LogP contribution in [-0.2, 0) is 5.41 Å². The fourth-order valence-corrected chi connectivity index (χ4v) is 10.7. The lowest BCUT2D eigenvalue weighted by atomic mass is 9.57. The van der Waals surface area contributed by atoms with Gasteiger partial charge in [-0.05, 0) is 59.4 Å². The van der Waals surface area contributed by atoms with Crippen LogP contribution in [0.5, 0.6) is 0 Å². The molecule has 0 saturated carbocycles. The largest absolute Gasteiger partial charge is 0.337 e. The molecule has 0 spiro atoms. The second-order valence-corrected chi connectivity index (χ2v) is 16.2. The Labute approximate surface area is 348 Å². The number of nitrogens with zero attached hydrogens (tertiary/aromatic N) is 2. The summed E-state index contributed by atoms with van der Waals surface area (Å²) in [5.41, 5.74) is 9.79.